The molecule has 0 aliphatic carbocycles. The van der Waals surface area contributed by atoms with Crippen LogP contribution in [-0.2, 0) is 6.54 Å². The van der Waals surface area contributed by atoms with Gasteiger partial charge in [0.2, 0.25) is 0 Å². The quantitative estimate of drug-likeness (QED) is 0.492. The number of hydrogen-bond donors (Lipinski definition) is 2. The third-order valence-electron chi connectivity index (χ3n) is 4.50. The Labute approximate surface area is 167 Å². The number of aromatic nitrogens is 3. The number of nitrogens with one attached hydrogen (secondary N) is 1. The second-order valence-electron chi connectivity index (χ2n) is 6.27. The molecule has 0 atom stereocenters. The third-order valence-corrected chi connectivity index (χ3v) is 4.71. The molecule has 3 aromatic heterocycles. The van der Waals surface area contributed by atoms with Gasteiger partial charge in [0.05, 0.1) is 23.1 Å². The largest absolute Gasteiger partial charge is 0.477 e. The Kier molecular flexibility index (Phi) is 4.63. The van der Waals surface area contributed by atoms with Crippen molar-refractivity contribution in [2.24, 2.45) is 0 Å². The van der Waals surface area contributed by atoms with Gasteiger partial charge in [0.15, 0.2) is 0 Å². The number of fused-ring (bicyclic) bond motifs is 1. The van der Waals surface area contributed by atoms with Crippen LogP contribution in [0.5, 0.6) is 0 Å². The first kappa shape index (κ1) is 18.8. The van der Waals surface area contributed by atoms with Crippen LogP contribution in [-0.4, -0.2) is 25.6 Å². The average molecular weight is 416 g/mol. The lowest BCUT2D eigenvalue weighted by Crippen LogP contribution is -2.14. The highest BCUT2D eigenvalue weighted by molar-refractivity contribution is 6.30. The van der Waals surface area contributed by atoms with Crippen LogP contribution in [0.1, 0.15) is 16.1 Å². The van der Waals surface area contributed by atoms with E-state index in [0.29, 0.717) is 5.52 Å². The Balaban J connectivity index is 2.08. The maximum absolute atomic E-state index is 14.2. The van der Waals surface area contributed by atoms with E-state index in [1.807, 2.05) is 0 Å². The zero-order chi connectivity index (χ0) is 20.7. The molecule has 0 saturated heterocycles. The standard InChI is InChI=1S/C20H12ClF2N3O3/c21-15-6-5-14-17(25-15)16(12-2-1-7-24-19(12)27)18(20(28)29)26(14)9-10-8-11(22)3-4-13(10)23/h1-8H,9H2,(H,24,27)(H,28,29). The monoisotopic (exact) mass is 415 g/mol. The minimum atomic E-state index is -1.35. The molecule has 0 aliphatic heterocycles. The minimum absolute atomic E-state index is 0.0483. The predicted octanol–water partition coefficient (Wildman–Crippen LogP) is 4.07. The summed E-state index contributed by atoms with van der Waals surface area (Å²) in [6, 6.07) is 8.90. The van der Waals surface area contributed by atoms with Crippen LogP contribution in [0.15, 0.2) is 53.5 Å². The molecule has 2 N–H and O–H groups in total. The van der Waals surface area contributed by atoms with E-state index < -0.39 is 23.2 Å². The number of aromatic carboxylic acids is 1. The second kappa shape index (κ2) is 7.14. The number of carboxylic acid groups (broad SMARTS) is 1. The number of pyridine rings is 2. The molecule has 0 unspecified atom stereocenters. The molecule has 0 saturated carbocycles. The Morgan fingerprint density at radius 1 is 1.21 bits per heavy atom. The molecule has 1 aromatic carbocycles. The Morgan fingerprint density at radius 3 is 2.72 bits per heavy atom. The maximum atomic E-state index is 14.2. The van der Waals surface area contributed by atoms with Gasteiger partial charge in [-0.25, -0.2) is 18.6 Å². The summed E-state index contributed by atoms with van der Waals surface area (Å²) in [5, 5.41) is 10.0. The summed E-state index contributed by atoms with van der Waals surface area (Å²) in [6.07, 6.45) is 1.41. The first-order valence-corrected chi connectivity index (χ1v) is 8.78. The number of carboxylic acids is 1. The van der Waals surface area contributed by atoms with E-state index in [0.717, 1.165) is 18.2 Å². The highest BCUT2D eigenvalue weighted by Gasteiger charge is 2.27. The molecular weight excluding hydrogens is 404 g/mol. The van der Waals surface area contributed by atoms with Crippen molar-refractivity contribution < 1.29 is 18.7 Å². The van der Waals surface area contributed by atoms with Crippen LogP contribution in [0.25, 0.3) is 22.2 Å². The summed E-state index contributed by atoms with van der Waals surface area (Å²) in [7, 11) is 0. The second-order valence-corrected chi connectivity index (χ2v) is 6.65. The van der Waals surface area contributed by atoms with Crippen molar-refractivity contribution in [2.75, 3.05) is 0 Å². The van der Waals surface area contributed by atoms with Crippen molar-refractivity contribution in [3.05, 3.63) is 87.1 Å². The van der Waals surface area contributed by atoms with E-state index in [1.54, 1.807) is 6.07 Å². The van der Waals surface area contributed by atoms with Gasteiger partial charge in [-0.2, -0.15) is 0 Å². The van der Waals surface area contributed by atoms with E-state index in [1.165, 1.54) is 29.0 Å². The number of carbonyl (C=O) groups is 1. The van der Waals surface area contributed by atoms with Gasteiger partial charge in [0.1, 0.15) is 22.5 Å². The van der Waals surface area contributed by atoms with Crippen molar-refractivity contribution >= 4 is 28.6 Å². The highest BCUT2D eigenvalue weighted by atomic mass is 35.5. The molecule has 0 fully saturated rings. The molecule has 146 valence electrons. The fraction of sp³-hybridized carbons (Fsp3) is 0.0500. The molecule has 0 bridgehead atoms. The molecular formula is C20H12ClF2N3O3. The maximum Gasteiger partial charge on any atom is 0.353 e. The predicted molar refractivity (Wildman–Crippen MR) is 103 cm³/mol. The number of hydrogen-bond acceptors (Lipinski definition) is 3. The van der Waals surface area contributed by atoms with E-state index in [9.17, 15) is 23.5 Å². The Morgan fingerprint density at radius 2 is 2.00 bits per heavy atom. The normalized spacial score (nSPS) is 11.1. The Hall–Kier alpha value is -3.52. The van der Waals surface area contributed by atoms with Gasteiger partial charge in [0, 0.05) is 17.3 Å². The van der Waals surface area contributed by atoms with Crippen LogP contribution < -0.4 is 5.56 Å². The van der Waals surface area contributed by atoms with Crippen molar-refractivity contribution in [1.82, 2.24) is 14.5 Å². The summed E-state index contributed by atoms with van der Waals surface area (Å²) in [6.45, 7) is -0.282. The zero-order valence-electron chi connectivity index (χ0n) is 14.6. The minimum Gasteiger partial charge on any atom is -0.477 e. The fourth-order valence-electron chi connectivity index (χ4n) is 3.29. The van der Waals surface area contributed by atoms with Crippen molar-refractivity contribution in [3.63, 3.8) is 0 Å². The number of nitrogens with zero attached hydrogens (tertiary/aromatic N) is 2. The van der Waals surface area contributed by atoms with E-state index in [2.05, 4.69) is 9.97 Å². The molecule has 6 nitrogen and oxygen atoms in total. The first-order valence-electron chi connectivity index (χ1n) is 8.41. The fourth-order valence-corrected chi connectivity index (χ4v) is 3.44. The molecule has 3 heterocycles. The topological polar surface area (TPSA) is 88.0 Å². The van der Waals surface area contributed by atoms with Gasteiger partial charge in [-0.05, 0) is 42.5 Å². The lowest BCUT2D eigenvalue weighted by Gasteiger charge is -2.10. The third kappa shape index (κ3) is 3.27. The zero-order valence-corrected chi connectivity index (χ0v) is 15.4. The lowest BCUT2D eigenvalue weighted by molar-refractivity contribution is 0.0687. The van der Waals surface area contributed by atoms with Gasteiger partial charge in [0.25, 0.3) is 5.56 Å². The summed E-state index contributed by atoms with van der Waals surface area (Å²) in [5.74, 6) is -2.70. The SMILES string of the molecule is O=C(O)c1c(-c2ccc[nH]c2=O)c2nc(Cl)ccc2n1Cc1cc(F)ccc1F. The van der Waals surface area contributed by atoms with Crippen LogP contribution in [0.2, 0.25) is 5.15 Å². The van der Waals surface area contributed by atoms with Crippen molar-refractivity contribution in [2.45, 2.75) is 6.54 Å². The number of H-pyrrole nitrogens is 1. The number of aromatic amines is 1. The van der Waals surface area contributed by atoms with E-state index >= 15 is 0 Å². The lowest BCUT2D eigenvalue weighted by atomic mass is 10.1. The molecule has 9 heteroatoms. The highest BCUT2D eigenvalue weighted by Crippen LogP contribution is 2.34. The molecule has 0 spiro atoms. The van der Waals surface area contributed by atoms with Crippen LogP contribution in [0.4, 0.5) is 8.78 Å². The van der Waals surface area contributed by atoms with Gasteiger partial charge in [-0.15, -0.1) is 0 Å². The summed E-state index contributed by atoms with van der Waals surface area (Å²) < 4.78 is 29.1. The smallest absolute Gasteiger partial charge is 0.353 e. The Bertz CT molecular complexity index is 1330. The molecule has 4 rings (SSSR count). The summed E-state index contributed by atoms with van der Waals surface area (Å²) in [4.78, 5) is 31.2. The van der Waals surface area contributed by atoms with E-state index in [4.69, 9.17) is 11.6 Å². The number of rotatable bonds is 4. The first-order chi connectivity index (χ1) is 13.9. The average Bonchev–Trinajstić information content (AvgIpc) is 2.98. The van der Waals surface area contributed by atoms with Crippen LogP contribution in [0.3, 0.4) is 0 Å². The van der Waals surface area contributed by atoms with Crippen LogP contribution in [0, 0.1) is 11.6 Å². The molecule has 0 aliphatic rings. The van der Waals surface area contributed by atoms with Crippen LogP contribution >= 0.6 is 11.6 Å². The van der Waals surface area contributed by atoms with Gasteiger partial charge < -0.3 is 14.7 Å². The van der Waals surface area contributed by atoms with Gasteiger partial charge in [-0.1, -0.05) is 11.6 Å². The summed E-state index contributed by atoms with van der Waals surface area (Å²) >= 11 is 6.00. The number of halogens is 3. The summed E-state index contributed by atoms with van der Waals surface area (Å²) in [5.41, 5.74) is -0.246. The van der Waals surface area contributed by atoms with Crippen molar-refractivity contribution in [3.8, 4) is 11.1 Å². The molecule has 0 radical (unpaired) electrons. The molecule has 0 amide bonds. The van der Waals surface area contributed by atoms with Crippen molar-refractivity contribution in [1.29, 1.82) is 0 Å². The van der Waals surface area contributed by atoms with E-state index in [-0.39, 0.29) is 39.6 Å². The van der Waals surface area contributed by atoms with Gasteiger partial charge in [-0.3, -0.25) is 4.79 Å². The van der Waals surface area contributed by atoms with Gasteiger partial charge >= 0.3 is 5.97 Å². The molecule has 4 aromatic rings. The number of benzene rings is 1. The molecule has 29 heavy (non-hydrogen) atoms.